The Balaban J connectivity index is 1.69. The molecule has 1 aliphatic heterocycles. The number of nitrogens with zero attached hydrogens (tertiary/aromatic N) is 1. The molecule has 21 heavy (non-hydrogen) atoms. The summed E-state index contributed by atoms with van der Waals surface area (Å²) >= 11 is 0. The molecule has 0 bridgehead atoms. The third kappa shape index (κ3) is 3.11. The Labute approximate surface area is 125 Å². The molecular weight excluding hydrogens is 266 g/mol. The minimum atomic E-state index is -0.806. The predicted molar refractivity (Wildman–Crippen MR) is 80.4 cm³/mol. The molecule has 0 saturated carbocycles. The summed E-state index contributed by atoms with van der Waals surface area (Å²) < 4.78 is 5.28. The quantitative estimate of drug-likeness (QED) is 0.923. The zero-order valence-corrected chi connectivity index (χ0v) is 12.6. The average molecular weight is 289 g/mol. The number of benzene rings is 1. The normalized spacial score (nSPS) is 20.1. The van der Waals surface area contributed by atoms with E-state index < -0.39 is 5.60 Å². The van der Waals surface area contributed by atoms with Gasteiger partial charge in [-0.15, -0.1) is 0 Å². The molecule has 3 rings (SSSR count). The number of carbonyl (C=O) groups excluding carboxylic acids is 1. The van der Waals surface area contributed by atoms with Crippen molar-refractivity contribution in [3.63, 3.8) is 0 Å². The van der Waals surface area contributed by atoms with Crippen molar-refractivity contribution in [2.45, 2.75) is 37.7 Å². The Morgan fingerprint density at radius 1 is 1.29 bits per heavy atom. The largest absolute Gasteiger partial charge is 0.388 e. The smallest absolute Gasteiger partial charge is 0.253 e. The highest BCUT2D eigenvalue weighted by molar-refractivity contribution is 5.94. The standard InChI is InChI=1S/C17H23NO3/c1-18(12-17(20)7-9-21-10-8-17)16(19)15-6-5-13-3-2-4-14(13)11-15/h5-6,11,20H,2-4,7-10,12H2,1H3. The molecule has 0 aromatic heterocycles. The van der Waals surface area contributed by atoms with E-state index in [1.807, 2.05) is 12.1 Å². The summed E-state index contributed by atoms with van der Waals surface area (Å²) in [6, 6.07) is 6.01. The first kappa shape index (κ1) is 14.5. The van der Waals surface area contributed by atoms with E-state index in [9.17, 15) is 9.90 Å². The van der Waals surface area contributed by atoms with Crippen molar-refractivity contribution in [2.24, 2.45) is 0 Å². The Kier molecular flexibility index (Phi) is 4.00. The molecule has 4 nitrogen and oxygen atoms in total. The maximum Gasteiger partial charge on any atom is 0.253 e. The highest BCUT2D eigenvalue weighted by atomic mass is 16.5. The second kappa shape index (κ2) is 5.78. The van der Waals surface area contributed by atoms with Crippen molar-refractivity contribution in [3.05, 3.63) is 34.9 Å². The van der Waals surface area contributed by atoms with E-state index in [0.29, 0.717) is 32.6 Å². The van der Waals surface area contributed by atoms with E-state index in [1.165, 1.54) is 17.5 Å². The fourth-order valence-electron chi connectivity index (χ4n) is 3.35. The fraction of sp³-hybridized carbons (Fsp3) is 0.588. The van der Waals surface area contributed by atoms with Crippen LogP contribution in [0, 0.1) is 0 Å². The van der Waals surface area contributed by atoms with Crippen LogP contribution in [0.25, 0.3) is 0 Å². The van der Waals surface area contributed by atoms with Gasteiger partial charge in [-0.25, -0.2) is 0 Å². The molecule has 1 aliphatic carbocycles. The third-order valence-electron chi connectivity index (χ3n) is 4.65. The van der Waals surface area contributed by atoms with Crippen LogP contribution in [0.15, 0.2) is 18.2 Å². The number of amides is 1. The number of hydrogen-bond donors (Lipinski definition) is 1. The molecule has 1 heterocycles. The number of fused-ring (bicyclic) bond motifs is 1. The molecule has 114 valence electrons. The number of aryl methyl sites for hydroxylation is 2. The van der Waals surface area contributed by atoms with Gasteiger partial charge in [0.25, 0.3) is 5.91 Å². The number of carbonyl (C=O) groups is 1. The van der Waals surface area contributed by atoms with Gasteiger partial charge >= 0.3 is 0 Å². The van der Waals surface area contributed by atoms with Gasteiger partial charge in [-0.05, 0) is 42.5 Å². The summed E-state index contributed by atoms with van der Waals surface area (Å²) in [5.41, 5.74) is 2.60. The van der Waals surface area contributed by atoms with Crippen LogP contribution in [0.5, 0.6) is 0 Å². The second-order valence-electron chi connectivity index (χ2n) is 6.33. The van der Waals surface area contributed by atoms with Crippen molar-refractivity contribution in [3.8, 4) is 0 Å². The lowest BCUT2D eigenvalue weighted by molar-refractivity contribution is -0.0734. The second-order valence-corrected chi connectivity index (χ2v) is 6.33. The van der Waals surface area contributed by atoms with Crippen LogP contribution in [-0.2, 0) is 17.6 Å². The first-order valence-corrected chi connectivity index (χ1v) is 7.75. The Hall–Kier alpha value is -1.39. The number of rotatable bonds is 3. The monoisotopic (exact) mass is 289 g/mol. The molecule has 1 amide bonds. The van der Waals surface area contributed by atoms with Crippen molar-refractivity contribution < 1.29 is 14.6 Å². The van der Waals surface area contributed by atoms with Gasteiger partial charge in [0.1, 0.15) is 0 Å². The summed E-state index contributed by atoms with van der Waals surface area (Å²) in [6.07, 6.45) is 4.56. The van der Waals surface area contributed by atoms with E-state index in [0.717, 1.165) is 18.4 Å². The summed E-state index contributed by atoms with van der Waals surface area (Å²) in [6.45, 7) is 1.50. The van der Waals surface area contributed by atoms with Gasteiger partial charge in [0.2, 0.25) is 0 Å². The van der Waals surface area contributed by atoms with Crippen molar-refractivity contribution in [1.82, 2.24) is 4.90 Å². The van der Waals surface area contributed by atoms with Crippen molar-refractivity contribution in [2.75, 3.05) is 26.8 Å². The van der Waals surface area contributed by atoms with Crippen molar-refractivity contribution in [1.29, 1.82) is 0 Å². The Bertz CT molecular complexity index is 535. The van der Waals surface area contributed by atoms with Crippen LogP contribution in [0.3, 0.4) is 0 Å². The van der Waals surface area contributed by atoms with Gasteiger partial charge in [-0.2, -0.15) is 0 Å². The van der Waals surface area contributed by atoms with E-state index >= 15 is 0 Å². The molecule has 0 spiro atoms. The topological polar surface area (TPSA) is 49.8 Å². The lowest BCUT2D eigenvalue weighted by Gasteiger charge is -2.35. The first-order valence-electron chi connectivity index (χ1n) is 7.75. The van der Waals surface area contributed by atoms with E-state index in [1.54, 1.807) is 11.9 Å². The van der Waals surface area contributed by atoms with Gasteiger partial charge < -0.3 is 14.7 Å². The summed E-state index contributed by atoms with van der Waals surface area (Å²) in [5.74, 6) is -0.00961. The van der Waals surface area contributed by atoms with Gasteiger partial charge in [0, 0.05) is 45.2 Å². The zero-order chi connectivity index (χ0) is 14.9. The van der Waals surface area contributed by atoms with Gasteiger partial charge in [-0.3, -0.25) is 4.79 Å². The highest BCUT2D eigenvalue weighted by Crippen LogP contribution is 2.25. The Morgan fingerprint density at radius 3 is 2.76 bits per heavy atom. The molecule has 1 fully saturated rings. The predicted octanol–water partition coefficient (Wildman–Crippen LogP) is 1.79. The highest BCUT2D eigenvalue weighted by Gasteiger charge is 2.32. The first-order chi connectivity index (χ1) is 10.1. The van der Waals surface area contributed by atoms with Crippen LogP contribution < -0.4 is 0 Å². The average Bonchev–Trinajstić information content (AvgIpc) is 2.94. The van der Waals surface area contributed by atoms with Crippen LogP contribution in [0.1, 0.15) is 40.7 Å². The zero-order valence-electron chi connectivity index (χ0n) is 12.6. The molecule has 1 aromatic rings. The SMILES string of the molecule is CN(CC1(O)CCOCC1)C(=O)c1ccc2c(c1)CCC2. The fourth-order valence-corrected chi connectivity index (χ4v) is 3.35. The molecule has 1 N–H and O–H groups in total. The molecule has 1 saturated heterocycles. The molecular formula is C17H23NO3. The minimum Gasteiger partial charge on any atom is -0.388 e. The molecule has 1 aromatic carbocycles. The maximum absolute atomic E-state index is 12.5. The molecule has 4 heteroatoms. The molecule has 0 unspecified atom stereocenters. The lowest BCUT2D eigenvalue weighted by Crippen LogP contribution is -2.47. The van der Waals surface area contributed by atoms with Crippen LogP contribution in [0.2, 0.25) is 0 Å². The molecule has 0 radical (unpaired) electrons. The molecule has 0 atom stereocenters. The summed E-state index contributed by atoms with van der Waals surface area (Å²) in [4.78, 5) is 14.2. The third-order valence-corrected chi connectivity index (χ3v) is 4.65. The van der Waals surface area contributed by atoms with E-state index in [-0.39, 0.29) is 5.91 Å². The van der Waals surface area contributed by atoms with Gasteiger partial charge in [0.05, 0.1) is 5.60 Å². The summed E-state index contributed by atoms with van der Waals surface area (Å²) in [7, 11) is 1.77. The van der Waals surface area contributed by atoms with E-state index in [4.69, 9.17) is 4.74 Å². The van der Waals surface area contributed by atoms with Gasteiger partial charge in [-0.1, -0.05) is 6.07 Å². The van der Waals surface area contributed by atoms with Crippen molar-refractivity contribution >= 4 is 5.91 Å². The number of ether oxygens (including phenoxy) is 1. The lowest BCUT2D eigenvalue weighted by atomic mass is 9.93. The summed E-state index contributed by atoms with van der Waals surface area (Å²) in [5, 5.41) is 10.5. The van der Waals surface area contributed by atoms with Crippen LogP contribution in [-0.4, -0.2) is 48.3 Å². The van der Waals surface area contributed by atoms with Crippen LogP contribution >= 0.6 is 0 Å². The van der Waals surface area contributed by atoms with Crippen LogP contribution in [0.4, 0.5) is 0 Å². The number of likely N-dealkylation sites (N-methyl/N-ethyl adjacent to an activating group) is 1. The maximum atomic E-state index is 12.5. The van der Waals surface area contributed by atoms with E-state index in [2.05, 4.69) is 6.07 Å². The Morgan fingerprint density at radius 2 is 2.00 bits per heavy atom. The number of hydrogen-bond acceptors (Lipinski definition) is 3. The van der Waals surface area contributed by atoms with Gasteiger partial charge in [0.15, 0.2) is 0 Å². The molecule has 2 aliphatic rings. The minimum absolute atomic E-state index is 0.00961. The number of aliphatic hydroxyl groups is 1.